The summed E-state index contributed by atoms with van der Waals surface area (Å²) in [5.74, 6) is 0. The number of hydrogen-bond acceptors (Lipinski definition) is 3. The van der Waals surface area contributed by atoms with Crippen LogP contribution in [-0.4, -0.2) is 44.4 Å². The zero-order valence-electron chi connectivity index (χ0n) is 8.96. The van der Waals surface area contributed by atoms with Crippen molar-refractivity contribution in [1.29, 1.82) is 0 Å². The highest BCUT2D eigenvalue weighted by atomic mass is 16.5. The molecule has 0 aromatic rings. The fourth-order valence-corrected chi connectivity index (χ4v) is 1.52. The fraction of sp³-hybridized carbons (Fsp3) is 0.889. The van der Waals surface area contributed by atoms with Crippen LogP contribution in [0.1, 0.15) is 13.8 Å². The van der Waals surface area contributed by atoms with Crippen LogP contribution in [0.2, 0.25) is 0 Å². The predicted molar refractivity (Wildman–Crippen MR) is 54.3 cm³/mol. The lowest BCUT2D eigenvalue weighted by Gasteiger charge is -2.19. The number of ether oxygens (including phenoxy) is 1. The van der Waals surface area contributed by atoms with Gasteiger partial charge in [0, 0.05) is 26.2 Å². The van der Waals surface area contributed by atoms with Crippen molar-refractivity contribution >= 4 is 6.03 Å². The van der Waals surface area contributed by atoms with E-state index in [0.717, 1.165) is 13.1 Å². The number of rotatable bonds is 3. The van der Waals surface area contributed by atoms with Gasteiger partial charge in [0.2, 0.25) is 0 Å². The Hall–Kier alpha value is -0.810. The minimum absolute atomic E-state index is 0.0683. The van der Waals surface area contributed by atoms with Gasteiger partial charge in [-0.2, -0.15) is 0 Å². The third-order valence-corrected chi connectivity index (χ3v) is 2.20. The molecule has 0 aromatic carbocycles. The summed E-state index contributed by atoms with van der Waals surface area (Å²) in [6.07, 6.45) is 0.0768. The topological polar surface area (TPSA) is 62.4 Å². The van der Waals surface area contributed by atoms with Crippen LogP contribution < -0.4 is 16.0 Å². The van der Waals surface area contributed by atoms with E-state index in [0.29, 0.717) is 0 Å². The van der Waals surface area contributed by atoms with Crippen molar-refractivity contribution in [3.63, 3.8) is 0 Å². The zero-order valence-corrected chi connectivity index (χ0v) is 8.96. The van der Waals surface area contributed by atoms with Crippen molar-refractivity contribution in [3.8, 4) is 0 Å². The van der Waals surface area contributed by atoms with Crippen LogP contribution in [0.5, 0.6) is 0 Å². The summed E-state index contributed by atoms with van der Waals surface area (Å²) in [6.45, 7) is 5.42. The molecule has 5 heteroatoms. The van der Waals surface area contributed by atoms with Crippen molar-refractivity contribution in [2.45, 2.75) is 32.0 Å². The fourth-order valence-electron chi connectivity index (χ4n) is 1.52. The summed E-state index contributed by atoms with van der Waals surface area (Å²) in [6, 6.07) is 0.0971. The number of carbonyl (C=O) groups is 1. The van der Waals surface area contributed by atoms with Gasteiger partial charge in [-0.25, -0.2) is 4.79 Å². The van der Waals surface area contributed by atoms with Crippen molar-refractivity contribution in [2.75, 3.05) is 20.2 Å². The average molecular weight is 201 g/mol. The van der Waals surface area contributed by atoms with E-state index >= 15 is 0 Å². The van der Waals surface area contributed by atoms with E-state index in [4.69, 9.17) is 4.74 Å². The van der Waals surface area contributed by atoms with Crippen molar-refractivity contribution in [3.05, 3.63) is 0 Å². The molecular weight excluding hydrogens is 182 g/mol. The van der Waals surface area contributed by atoms with Gasteiger partial charge in [0.25, 0.3) is 0 Å². The van der Waals surface area contributed by atoms with Crippen LogP contribution in [0.25, 0.3) is 0 Å². The Balaban J connectivity index is 2.32. The average Bonchev–Trinajstić information content (AvgIpc) is 2.50. The second-order valence-electron chi connectivity index (χ2n) is 3.81. The Morgan fingerprint density at radius 2 is 2.21 bits per heavy atom. The molecule has 0 unspecified atom stereocenters. The largest absolute Gasteiger partial charge is 0.378 e. The number of nitrogens with one attached hydrogen (secondary N) is 3. The highest BCUT2D eigenvalue weighted by Crippen LogP contribution is 2.03. The summed E-state index contributed by atoms with van der Waals surface area (Å²) in [4.78, 5) is 11.4. The van der Waals surface area contributed by atoms with E-state index < -0.39 is 0 Å². The third kappa shape index (κ3) is 3.16. The zero-order chi connectivity index (χ0) is 10.6. The molecule has 2 atom stereocenters. The van der Waals surface area contributed by atoms with Gasteiger partial charge >= 0.3 is 6.03 Å². The Kier molecular flexibility index (Phi) is 4.16. The molecule has 3 N–H and O–H groups in total. The van der Waals surface area contributed by atoms with Gasteiger partial charge in [0.1, 0.15) is 0 Å². The molecule has 0 aromatic heterocycles. The molecule has 1 fully saturated rings. The Labute approximate surface area is 84.6 Å². The molecule has 0 bridgehead atoms. The van der Waals surface area contributed by atoms with Gasteiger partial charge in [0.05, 0.1) is 12.1 Å². The number of carbonyl (C=O) groups excluding carboxylic acids is 1. The summed E-state index contributed by atoms with van der Waals surface area (Å²) >= 11 is 0. The molecule has 1 rings (SSSR count). The summed E-state index contributed by atoms with van der Waals surface area (Å²) < 4.78 is 5.22. The quantitative estimate of drug-likeness (QED) is 0.586. The number of amides is 2. The molecular formula is C9H19N3O2. The Morgan fingerprint density at radius 1 is 1.50 bits per heavy atom. The molecule has 1 aliphatic heterocycles. The minimum Gasteiger partial charge on any atom is -0.378 e. The molecule has 0 saturated carbocycles. The molecule has 0 aliphatic carbocycles. The SMILES string of the molecule is CO[C@@H]1CNC[C@@H]1NC(=O)NC(C)C. The van der Waals surface area contributed by atoms with Crippen LogP contribution >= 0.6 is 0 Å². The van der Waals surface area contributed by atoms with E-state index in [-0.39, 0.29) is 24.2 Å². The summed E-state index contributed by atoms with van der Waals surface area (Å²) in [5, 5.41) is 8.82. The molecule has 82 valence electrons. The van der Waals surface area contributed by atoms with Crippen LogP contribution in [-0.2, 0) is 4.74 Å². The van der Waals surface area contributed by atoms with Gasteiger partial charge in [0.15, 0.2) is 0 Å². The summed E-state index contributed by atoms with van der Waals surface area (Å²) in [5.41, 5.74) is 0. The Morgan fingerprint density at radius 3 is 2.79 bits per heavy atom. The lowest BCUT2D eigenvalue weighted by molar-refractivity contribution is 0.0982. The second-order valence-corrected chi connectivity index (χ2v) is 3.81. The van der Waals surface area contributed by atoms with E-state index in [2.05, 4.69) is 16.0 Å². The standard InChI is InChI=1S/C9H19N3O2/c1-6(2)11-9(13)12-7-4-10-5-8(7)14-3/h6-8,10H,4-5H2,1-3H3,(H2,11,12,13)/t7-,8+/m0/s1. The highest BCUT2D eigenvalue weighted by molar-refractivity contribution is 5.74. The van der Waals surface area contributed by atoms with Crippen LogP contribution in [0, 0.1) is 0 Å². The molecule has 14 heavy (non-hydrogen) atoms. The third-order valence-electron chi connectivity index (χ3n) is 2.20. The lowest BCUT2D eigenvalue weighted by atomic mass is 10.2. The van der Waals surface area contributed by atoms with Crippen molar-refractivity contribution < 1.29 is 9.53 Å². The van der Waals surface area contributed by atoms with Gasteiger partial charge in [-0.15, -0.1) is 0 Å². The predicted octanol–water partition coefficient (Wildman–Crippen LogP) is -0.319. The molecule has 0 radical (unpaired) electrons. The smallest absolute Gasteiger partial charge is 0.315 e. The highest BCUT2D eigenvalue weighted by Gasteiger charge is 2.27. The van der Waals surface area contributed by atoms with Gasteiger partial charge in [-0.1, -0.05) is 0 Å². The first kappa shape index (κ1) is 11.3. The van der Waals surface area contributed by atoms with Gasteiger partial charge in [-0.3, -0.25) is 0 Å². The maximum atomic E-state index is 11.4. The maximum absolute atomic E-state index is 11.4. The van der Waals surface area contributed by atoms with Crippen LogP contribution in [0.3, 0.4) is 0 Å². The van der Waals surface area contributed by atoms with E-state index in [9.17, 15) is 4.79 Å². The number of methoxy groups -OCH3 is 1. The lowest BCUT2D eigenvalue weighted by Crippen LogP contribution is -2.49. The molecule has 1 heterocycles. The molecule has 2 amide bonds. The summed E-state index contributed by atoms with van der Waals surface area (Å²) in [7, 11) is 1.66. The van der Waals surface area contributed by atoms with E-state index in [1.165, 1.54) is 0 Å². The first-order valence-electron chi connectivity index (χ1n) is 4.94. The van der Waals surface area contributed by atoms with Crippen molar-refractivity contribution in [1.82, 2.24) is 16.0 Å². The molecule has 1 saturated heterocycles. The van der Waals surface area contributed by atoms with E-state index in [1.807, 2.05) is 13.8 Å². The maximum Gasteiger partial charge on any atom is 0.315 e. The minimum atomic E-state index is -0.129. The normalized spacial score (nSPS) is 26.6. The monoisotopic (exact) mass is 201 g/mol. The molecule has 1 aliphatic rings. The Bertz CT molecular complexity index is 196. The number of hydrogen-bond donors (Lipinski definition) is 3. The first-order valence-corrected chi connectivity index (χ1v) is 4.94. The van der Waals surface area contributed by atoms with Gasteiger partial charge in [-0.05, 0) is 13.8 Å². The second kappa shape index (κ2) is 5.17. The van der Waals surface area contributed by atoms with Crippen LogP contribution in [0.15, 0.2) is 0 Å². The van der Waals surface area contributed by atoms with Crippen molar-refractivity contribution in [2.24, 2.45) is 0 Å². The molecule has 0 spiro atoms. The van der Waals surface area contributed by atoms with Crippen LogP contribution in [0.4, 0.5) is 4.79 Å². The first-order chi connectivity index (χ1) is 6.63. The molecule has 5 nitrogen and oxygen atoms in total. The number of urea groups is 1. The van der Waals surface area contributed by atoms with E-state index in [1.54, 1.807) is 7.11 Å². The van der Waals surface area contributed by atoms with Gasteiger partial charge < -0.3 is 20.7 Å².